The Morgan fingerprint density at radius 2 is 1.23 bits per heavy atom. The SMILES string of the molecule is O=C([O-])C12CC3CC(CC(C3)C1)C2.[NH3+]C1CCCCCCC1. The summed E-state index contributed by atoms with van der Waals surface area (Å²) in [5.41, 5.74) is 3.71. The predicted octanol–water partition coefficient (Wildman–Crippen LogP) is 2.29. The Hall–Kier alpha value is -0.570. The fourth-order valence-corrected chi connectivity index (χ4v) is 5.90. The Morgan fingerprint density at radius 1 is 0.818 bits per heavy atom. The number of carbonyl (C=O) groups is 1. The van der Waals surface area contributed by atoms with Crippen LogP contribution in [0, 0.1) is 23.2 Å². The van der Waals surface area contributed by atoms with Crippen LogP contribution in [-0.4, -0.2) is 12.0 Å². The molecule has 0 aliphatic heterocycles. The molecule has 0 unspecified atom stereocenters. The van der Waals surface area contributed by atoms with Crippen LogP contribution in [0.25, 0.3) is 0 Å². The minimum atomic E-state index is -0.758. The molecule has 126 valence electrons. The molecule has 3 N–H and O–H groups in total. The monoisotopic (exact) mass is 307 g/mol. The Labute approximate surface area is 135 Å². The smallest absolute Gasteiger partial charge is 0.0843 e. The van der Waals surface area contributed by atoms with Crippen LogP contribution in [0.4, 0.5) is 0 Å². The fraction of sp³-hybridized carbons (Fsp3) is 0.947. The van der Waals surface area contributed by atoms with Crippen LogP contribution in [0.3, 0.4) is 0 Å². The lowest BCUT2D eigenvalue weighted by Gasteiger charge is -2.57. The third-order valence-corrected chi connectivity index (χ3v) is 6.70. The highest BCUT2D eigenvalue weighted by Gasteiger charge is 2.51. The van der Waals surface area contributed by atoms with Gasteiger partial charge >= 0.3 is 0 Å². The van der Waals surface area contributed by atoms with Crippen LogP contribution in [0.5, 0.6) is 0 Å². The zero-order chi connectivity index (χ0) is 15.6. The molecule has 0 spiro atoms. The molecule has 5 aliphatic carbocycles. The van der Waals surface area contributed by atoms with Crippen LogP contribution in [-0.2, 0) is 4.79 Å². The predicted molar refractivity (Wildman–Crippen MR) is 84.6 cm³/mol. The van der Waals surface area contributed by atoms with E-state index in [0.29, 0.717) is 17.8 Å². The normalized spacial score (nSPS) is 41.2. The van der Waals surface area contributed by atoms with Crippen molar-refractivity contribution in [3.63, 3.8) is 0 Å². The summed E-state index contributed by atoms with van der Waals surface area (Å²) in [6.07, 6.45) is 16.6. The van der Waals surface area contributed by atoms with E-state index in [1.165, 1.54) is 64.2 Å². The first kappa shape index (κ1) is 16.3. The molecule has 0 radical (unpaired) electrons. The van der Waals surface area contributed by atoms with Gasteiger partial charge in [0.2, 0.25) is 0 Å². The van der Waals surface area contributed by atoms with E-state index in [1.807, 2.05) is 0 Å². The second-order valence-electron chi connectivity index (χ2n) is 8.70. The van der Waals surface area contributed by atoms with Gasteiger partial charge in [-0.05, 0) is 82.0 Å². The molecule has 0 aromatic carbocycles. The Bertz CT molecular complexity index is 350. The number of aliphatic carboxylic acids is 1. The summed E-state index contributed by atoms with van der Waals surface area (Å²) in [5, 5.41) is 11.1. The first-order valence-corrected chi connectivity index (χ1v) is 9.62. The minimum Gasteiger partial charge on any atom is -0.550 e. The lowest BCUT2D eigenvalue weighted by molar-refractivity contribution is -0.423. The van der Waals surface area contributed by atoms with Crippen LogP contribution < -0.4 is 10.8 Å². The average molecular weight is 307 g/mol. The molecule has 0 atom stereocenters. The van der Waals surface area contributed by atoms with E-state index in [0.717, 1.165) is 25.3 Å². The van der Waals surface area contributed by atoms with Gasteiger partial charge in [-0.25, -0.2) is 0 Å². The summed E-state index contributed by atoms with van der Waals surface area (Å²) in [6.45, 7) is 0. The van der Waals surface area contributed by atoms with Gasteiger partial charge in [0.1, 0.15) is 0 Å². The van der Waals surface area contributed by atoms with Gasteiger partial charge in [-0.1, -0.05) is 19.3 Å². The summed E-state index contributed by atoms with van der Waals surface area (Å²) < 4.78 is 0. The fourth-order valence-electron chi connectivity index (χ4n) is 5.90. The van der Waals surface area contributed by atoms with Crippen molar-refractivity contribution in [3.8, 4) is 0 Å². The quantitative estimate of drug-likeness (QED) is 0.807. The van der Waals surface area contributed by atoms with Crippen LogP contribution in [0.1, 0.15) is 83.5 Å². The van der Waals surface area contributed by atoms with E-state index in [1.54, 1.807) is 0 Å². The largest absolute Gasteiger partial charge is 0.550 e. The molecule has 5 fully saturated rings. The molecule has 3 nitrogen and oxygen atoms in total. The lowest BCUT2D eigenvalue weighted by Crippen LogP contribution is -2.60. The molecule has 0 saturated heterocycles. The van der Waals surface area contributed by atoms with Gasteiger partial charge < -0.3 is 15.6 Å². The molecule has 22 heavy (non-hydrogen) atoms. The minimum absolute atomic E-state index is 0.394. The average Bonchev–Trinajstić information content (AvgIpc) is 2.42. The standard InChI is InChI=1S/C11H16O2.C8H17N/c12-10(13)11-4-7-1-8(5-11)3-9(2-7)6-11;9-8-6-4-2-1-3-5-7-8/h7-9H,1-6H2,(H,12,13);8H,1-7,9H2. The van der Waals surface area contributed by atoms with Gasteiger partial charge in [0.15, 0.2) is 0 Å². The van der Waals surface area contributed by atoms with Gasteiger partial charge in [-0.3, -0.25) is 0 Å². The molecular weight excluding hydrogens is 274 g/mol. The van der Waals surface area contributed by atoms with Crippen molar-refractivity contribution in [2.24, 2.45) is 23.2 Å². The Morgan fingerprint density at radius 3 is 1.64 bits per heavy atom. The molecule has 5 aliphatic rings. The number of rotatable bonds is 1. The molecule has 4 bridgehead atoms. The van der Waals surface area contributed by atoms with Crippen molar-refractivity contribution in [1.82, 2.24) is 0 Å². The molecule has 0 amide bonds. The highest BCUT2D eigenvalue weighted by atomic mass is 16.4. The van der Waals surface area contributed by atoms with E-state index < -0.39 is 11.4 Å². The van der Waals surface area contributed by atoms with E-state index >= 15 is 0 Å². The van der Waals surface area contributed by atoms with Gasteiger partial charge in [-0.2, -0.15) is 0 Å². The summed E-state index contributed by atoms with van der Waals surface area (Å²) in [6, 6.07) is 0.769. The van der Waals surface area contributed by atoms with Crippen LogP contribution >= 0.6 is 0 Å². The molecule has 5 rings (SSSR count). The first-order chi connectivity index (χ1) is 10.6. The summed E-state index contributed by atoms with van der Waals surface area (Å²) in [7, 11) is 0. The maximum absolute atomic E-state index is 11.1. The molecule has 5 saturated carbocycles. The third-order valence-electron chi connectivity index (χ3n) is 6.70. The van der Waals surface area contributed by atoms with E-state index in [9.17, 15) is 9.90 Å². The number of hydrogen-bond donors (Lipinski definition) is 1. The number of carboxylic acids is 1. The van der Waals surface area contributed by atoms with Crippen LogP contribution in [0.15, 0.2) is 0 Å². The highest BCUT2D eigenvalue weighted by molar-refractivity contribution is 5.73. The number of carboxylic acid groups (broad SMARTS) is 1. The van der Waals surface area contributed by atoms with Crippen molar-refractivity contribution < 1.29 is 15.6 Å². The molecular formula is C19H33NO2. The third kappa shape index (κ3) is 3.67. The van der Waals surface area contributed by atoms with Crippen molar-refractivity contribution in [2.75, 3.05) is 0 Å². The van der Waals surface area contributed by atoms with Gasteiger partial charge in [-0.15, -0.1) is 0 Å². The topological polar surface area (TPSA) is 67.8 Å². The second-order valence-corrected chi connectivity index (χ2v) is 8.70. The molecule has 0 aromatic heterocycles. The summed E-state index contributed by atoms with van der Waals surface area (Å²) in [4.78, 5) is 11.1. The lowest BCUT2D eigenvalue weighted by atomic mass is 9.49. The van der Waals surface area contributed by atoms with E-state index in [4.69, 9.17) is 0 Å². The molecule has 0 aromatic rings. The molecule has 0 heterocycles. The van der Waals surface area contributed by atoms with E-state index in [-0.39, 0.29) is 0 Å². The summed E-state index contributed by atoms with van der Waals surface area (Å²) in [5.74, 6) is 1.38. The first-order valence-electron chi connectivity index (χ1n) is 9.62. The highest BCUT2D eigenvalue weighted by Crippen LogP contribution is 2.59. The maximum atomic E-state index is 11.1. The van der Waals surface area contributed by atoms with Gasteiger partial charge in [0, 0.05) is 11.4 Å². The van der Waals surface area contributed by atoms with Crippen molar-refractivity contribution >= 4 is 5.97 Å². The number of quaternary nitrogens is 1. The van der Waals surface area contributed by atoms with Gasteiger partial charge in [0.05, 0.1) is 6.04 Å². The van der Waals surface area contributed by atoms with Crippen molar-refractivity contribution in [1.29, 1.82) is 0 Å². The summed E-state index contributed by atoms with van der Waals surface area (Å²) >= 11 is 0. The second kappa shape index (κ2) is 6.90. The van der Waals surface area contributed by atoms with Crippen molar-refractivity contribution in [3.05, 3.63) is 0 Å². The van der Waals surface area contributed by atoms with Crippen molar-refractivity contribution in [2.45, 2.75) is 89.5 Å². The number of hydrogen-bond acceptors (Lipinski definition) is 2. The number of carbonyl (C=O) groups excluding carboxylic acids is 1. The maximum Gasteiger partial charge on any atom is 0.0843 e. The van der Waals surface area contributed by atoms with Gasteiger partial charge in [0.25, 0.3) is 0 Å². The zero-order valence-corrected chi connectivity index (χ0v) is 14.0. The Kier molecular flexibility index (Phi) is 5.11. The zero-order valence-electron chi connectivity index (χ0n) is 14.0. The van der Waals surface area contributed by atoms with Crippen LogP contribution in [0.2, 0.25) is 0 Å². The molecule has 3 heteroatoms. The van der Waals surface area contributed by atoms with E-state index in [2.05, 4.69) is 5.73 Å². The Balaban J connectivity index is 0.000000142.